The number of carbonyl (C=O) groups is 1. The molecule has 6 heteroatoms. The van der Waals surface area contributed by atoms with Crippen molar-refractivity contribution < 1.29 is 18.8 Å². The van der Waals surface area contributed by atoms with Crippen molar-refractivity contribution in [2.45, 2.75) is 36.2 Å². The molecule has 0 saturated heterocycles. The van der Waals surface area contributed by atoms with Crippen LogP contribution in [0.25, 0.3) is 0 Å². The lowest BCUT2D eigenvalue weighted by Gasteiger charge is -2.24. The van der Waals surface area contributed by atoms with E-state index < -0.39 is 22.4 Å². The predicted molar refractivity (Wildman–Crippen MR) is 105 cm³/mol. The number of carbonyl (C=O) groups excluding carboxylic acids is 1. The van der Waals surface area contributed by atoms with Gasteiger partial charge in [0.2, 0.25) is 0 Å². The molecule has 4 nitrogen and oxygen atoms in total. The standard InChI is InChI=1S/C20H22O4S2/c1-4-24-19(21)17(26(23)16-13-9-6-10-14-16)18(20(2,3)22)25-15-11-7-5-8-12-15/h5-14,22H,4H2,1-3H3/b18-17+. The molecule has 1 unspecified atom stereocenters. The van der Waals surface area contributed by atoms with Gasteiger partial charge in [-0.3, -0.25) is 0 Å². The Morgan fingerprint density at radius 2 is 1.62 bits per heavy atom. The molecule has 1 atom stereocenters. The van der Waals surface area contributed by atoms with Crippen LogP contribution in [0.5, 0.6) is 0 Å². The minimum Gasteiger partial charge on any atom is -0.462 e. The lowest BCUT2D eigenvalue weighted by atomic mass is 10.1. The van der Waals surface area contributed by atoms with Crippen LogP contribution in [-0.2, 0) is 20.3 Å². The minimum absolute atomic E-state index is 0.0283. The van der Waals surface area contributed by atoms with Gasteiger partial charge in [-0.25, -0.2) is 9.00 Å². The van der Waals surface area contributed by atoms with Crippen LogP contribution in [0.3, 0.4) is 0 Å². The first kappa shape index (κ1) is 20.4. The van der Waals surface area contributed by atoms with Crippen molar-refractivity contribution in [2.75, 3.05) is 6.61 Å². The zero-order chi connectivity index (χ0) is 19.2. The lowest BCUT2D eigenvalue weighted by molar-refractivity contribution is -0.137. The summed E-state index contributed by atoms with van der Waals surface area (Å²) in [5, 5.41) is 10.7. The second-order valence-corrected chi connectivity index (χ2v) is 8.44. The molecule has 0 heterocycles. The predicted octanol–water partition coefficient (Wildman–Crippen LogP) is 4.13. The van der Waals surface area contributed by atoms with E-state index in [4.69, 9.17) is 4.74 Å². The topological polar surface area (TPSA) is 63.6 Å². The van der Waals surface area contributed by atoms with Crippen molar-refractivity contribution >= 4 is 28.5 Å². The van der Waals surface area contributed by atoms with Gasteiger partial charge in [0.1, 0.15) is 4.91 Å². The first-order chi connectivity index (χ1) is 12.3. The van der Waals surface area contributed by atoms with Gasteiger partial charge in [-0.2, -0.15) is 0 Å². The number of benzene rings is 2. The fourth-order valence-corrected chi connectivity index (χ4v) is 4.74. The Kier molecular flexibility index (Phi) is 7.20. The normalized spacial score (nSPS) is 13.7. The quantitative estimate of drug-likeness (QED) is 0.437. The third-order valence-electron chi connectivity index (χ3n) is 3.33. The molecule has 0 aliphatic heterocycles. The number of thioether (sulfide) groups is 1. The van der Waals surface area contributed by atoms with Crippen molar-refractivity contribution in [1.82, 2.24) is 0 Å². The van der Waals surface area contributed by atoms with Crippen LogP contribution in [0.4, 0.5) is 0 Å². The third kappa shape index (κ3) is 5.30. The van der Waals surface area contributed by atoms with Gasteiger partial charge in [-0.1, -0.05) is 48.2 Å². The summed E-state index contributed by atoms with van der Waals surface area (Å²) in [6.45, 7) is 4.98. The molecular formula is C20H22O4S2. The molecule has 0 aliphatic carbocycles. The van der Waals surface area contributed by atoms with Crippen molar-refractivity contribution in [2.24, 2.45) is 0 Å². The molecule has 0 fully saturated rings. The van der Waals surface area contributed by atoms with Crippen LogP contribution in [0, 0.1) is 0 Å². The fourth-order valence-electron chi connectivity index (χ4n) is 2.17. The molecule has 2 aromatic rings. The number of hydrogen-bond donors (Lipinski definition) is 1. The van der Waals surface area contributed by atoms with Gasteiger partial charge in [-0.15, -0.1) is 0 Å². The summed E-state index contributed by atoms with van der Waals surface area (Å²) in [6, 6.07) is 18.0. The Bertz CT molecular complexity index is 794. The third-order valence-corrected chi connectivity index (χ3v) is 6.32. The Labute approximate surface area is 160 Å². The van der Waals surface area contributed by atoms with E-state index in [0.717, 1.165) is 4.90 Å². The van der Waals surface area contributed by atoms with E-state index >= 15 is 0 Å². The average molecular weight is 391 g/mol. The molecule has 0 spiro atoms. The van der Waals surface area contributed by atoms with E-state index in [1.165, 1.54) is 11.8 Å². The highest BCUT2D eigenvalue weighted by molar-refractivity contribution is 8.04. The van der Waals surface area contributed by atoms with Crippen LogP contribution in [-0.4, -0.2) is 27.5 Å². The van der Waals surface area contributed by atoms with Crippen molar-refractivity contribution in [3.8, 4) is 0 Å². The van der Waals surface area contributed by atoms with E-state index in [9.17, 15) is 14.1 Å². The van der Waals surface area contributed by atoms with Crippen LogP contribution in [0.1, 0.15) is 20.8 Å². The fraction of sp³-hybridized carbons (Fsp3) is 0.250. The number of ether oxygens (including phenoxy) is 1. The minimum atomic E-state index is -1.78. The molecule has 1 N–H and O–H groups in total. The Hall–Kier alpha value is -1.89. The molecule has 0 aliphatic rings. The maximum atomic E-state index is 13.2. The van der Waals surface area contributed by atoms with Crippen molar-refractivity contribution in [3.63, 3.8) is 0 Å². The highest BCUT2D eigenvalue weighted by Crippen LogP contribution is 2.38. The first-order valence-corrected chi connectivity index (χ1v) is 10.1. The van der Waals surface area contributed by atoms with E-state index in [0.29, 0.717) is 9.80 Å². The molecule has 0 bridgehead atoms. The zero-order valence-corrected chi connectivity index (χ0v) is 16.6. The molecule has 0 aromatic heterocycles. The van der Waals surface area contributed by atoms with Gasteiger partial charge in [-0.05, 0) is 45.0 Å². The van der Waals surface area contributed by atoms with Gasteiger partial charge < -0.3 is 9.84 Å². The number of rotatable bonds is 7. The summed E-state index contributed by atoms with van der Waals surface area (Å²) in [5.74, 6) is -0.685. The number of aliphatic hydroxyl groups is 1. The van der Waals surface area contributed by atoms with Gasteiger partial charge in [0.15, 0.2) is 0 Å². The van der Waals surface area contributed by atoms with Crippen molar-refractivity contribution in [1.29, 1.82) is 0 Å². The maximum Gasteiger partial charge on any atom is 0.348 e. The zero-order valence-electron chi connectivity index (χ0n) is 15.0. The molecule has 26 heavy (non-hydrogen) atoms. The summed E-state index contributed by atoms with van der Waals surface area (Å²) in [6.07, 6.45) is 0. The summed E-state index contributed by atoms with van der Waals surface area (Å²) in [7, 11) is -1.78. The highest BCUT2D eigenvalue weighted by Gasteiger charge is 2.33. The lowest BCUT2D eigenvalue weighted by Crippen LogP contribution is -2.26. The molecule has 0 radical (unpaired) electrons. The van der Waals surface area contributed by atoms with E-state index in [2.05, 4.69) is 0 Å². The van der Waals surface area contributed by atoms with E-state index in [-0.39, 0.29) is 11.5 Å². The SMILES string of the molecule is CCOC(=O)/C(=C(\Sc1ccccc1)C(C)(C)O)S(=O)c1ccccc1. The highest BCUT2D eigenvalue weighted by atomic mass is 32.2. The molecule has 0 amide bonds. The summed E-state index contributed by atoms with van der Waals surface area (Å²) < 4.78 is 18.3. The van der Waals surface area contributed by atoms with Gasteiger partial charge in [0.05, 0.1) is 23.0 Å². The summed E-state index contributed by atoms with van der Waals surface area (Å²) >= 11 is 1.22. The van der Waals surface area contributed by atoms with Crippen LogP contribution >= 0.6 is 11.8 Å². The number of esters is 1. The van der Waals surface area contributed by atoms with Gasteiger partial charge in [0, 0.05) is 14.7 Å². The molecule has 138 valence electrons. The second-order valence-electron chi connectivity index (χ2n) is 5.93. The Balaban J connectivity index is 2.62. The molecule has 2 aromatic carbocycles. The average Bonchev–Trinajstić information content (AvgIpc) is 2.62. The monoisotopic (exact) mass is 390 g/mol. The summed E-state index contributed by atoms with van der Waals surface area (Å²) in [5.41, 5.74) is -1.37. The second kappa shape index (κ2) is 9.16. The van der Waals surface area contributed by atoms with Crippen LogP contribution < -0.4 is 0 Å². The van der Waals surface area contributed by atoms with E-state index in [1.807, 2.05) is 36.4 Å². The first-order valence-electron chi connectivity index (χ1n) is 8.18. The molecule has 0 saturated carbocycles. The van der Waals surface area contributed by atoms with Gasteiger partial charge in [0.25, 0.3) is 0 Å². The Morgan fingerprint density at radius 3 is 2.12 bits per heavy atom. The van der Waals surface area contributed by atoms with Crippen LogP contribution in [0.2, 0.25) is 0 Å². The molecule has 2 rings (SSSR count). The van der Waals surface area contributed by atoms with E-state index in [1.54, 1.807) is 45.0 Å². The van der Waals surface area contributed by atoms with Gasteiger partial charge >= 0.3 is 5.97 Å². The summed E-state index contributed by atoms with van der Waals surface area (Å²) in [4.78, 5) is 14.2. The van der Waals surface area contributed by atoms with Crippen LogP contribution in [0.15, 0.2) is 80.3 Å². The maximum absolute atomic E-state index is 13.2. The van der Waals surface area contributed by atoms with Crippen molar-refractivity contribution in [3.05, 3.63) is 70.5 Å². The smallest absolute Gasteiger partial charge is 0.348 e. The Morgan fingerprint density at radius 1 is 1.08 bits per heavy atom. The molecular weight excluding hydrogens is 368 g/mol. The largest absolute Gasteiger partial charge is 0.462 e. The number of hydrogen-bond acceptors (Lipinski definition) is 5.